The molecule has 3 heterocycles. The zero-order valence-electron chi connectivity index (χ0n) is 14.0. The lowest BCUT2D eigenvalue weighted by atomic mass is 10.1. The number of benzene rings is 1. The van der Waals surface area contributed by atoms with E-state index in [9.17, 15) is 4.79 Å². The number of aromatic nitrogens is 5. The van der Waals surface area contributed by atoms with Gasteiger partial charge >= 0.3 is 0 Å². The molecule has 130 valence electrons. The number of hydrogen-bond acceptors (Lipinski definition) is 5. The van der Waals surface area contributed by atoms with Crippen LogP contribution in [0.5, 0.6) is 0 Å². The van der Waals surface area contributed by atoms with Crippen molar-refractivity contribution < 1.29 is 4.79 Å². The highest BCUT2D eigenvalue weighted by Gasteiger charge is 2.10. The number of rotatable bonds is 5. The molecular weight excluding hydrogens is 348 g/mol. The molecule has 0 aliphatic rings. The molecule has 0 saturated carbocycles. The summed E-state index contributed by atoms with van der Waals surface area (Å²) < 4.78 is 3.57. The Hall–Kier alpha value is -3.13. The molecule has 0 bridgehead atoms. The Morgan fingerprint density at radius 2 is 2.08 bits per heavy atom. The first kappa shape index (κ1) is 16.3. The zero-order valence-corrected chi connectivity index (χ0v) is 14.8. The van der Waals surface area contributed by atoms with Crippen LogP contribution in [-0.4, -0.2) is 30.1 Å². The number of amides is 1. The average Bonchev–Trinajstić information content (AvgIpc) is 3.29. The second-order valence-electron chi connectivity index (χ2n) is 5.70. The molecule has 0 fully saturated rings. The Balaban J connectivity index is 1.49. The third-order valence-electron chi connectivity index (χ3n) is 3.87. The molecule has 1 N–H and O–H groups in total. The minimum Gasteiger partial charge on any atom is -0.329 e. The van der Waals surface area contributed by atoms with Crippen LogP contribution in [0.4, 0.5) is 5.82 Å². The van der Waals surface area contributed by atoms with Crippen molar-refractivity contribution in [1.82, 2.24) is 24.1 Å². The number of aryl methyl sites for hydroxylation is 1. The lowest BCUT2D eigenvalue weighted by molar-refractivity contribution is 0.102. The SMILES string of the molecule is Cn1ccnc1SCc1cccc(C(=O)Nc2ccnc3ccnn23)c1. The minimum absolute atomic E-state index is 0.183. The lowest BCUT2D eigenvalue weighted by Gasteiger charge is -2.08. The van der Waals surface area contributed by atoms with Crippen molar-refractivity contribution in [2.45, 2.75) is 10.9 Å². The molecule has 0 unspecified atom stereocenters. The summed E-state index contributed by atoms with van der Waals surface area (Å²) in [5.41, 5.74) is 2.34. The number of hydrogen-bond donors (Lipinski definition) is 1. The molecule has 8 heteroatoms. The van der Waals surface area contributed by atoms with Gasteiger partial charge in [-0.15, -0.1) is 0 Å². The van der Waals surface area contributed by atoms with E-state index in [1.54, 1.807) is 53.1 Å². The van der Waals surface area contributed by atoms with Gasteiger partial charge in [0.25, 0.3) is 5.91 Å². The molecule has 4 rings (SSSR count). The van der Waals surface area contributed by atoms with Gasteiger partial charge in [-0.25, -0.2) is 9.97 Å². The highest BCUT2D eigenvalue weighted by Crippen LogP contribution is 2.21. The first-order valence-corrected chi connectivity index (χ1v) is 8.98. The number of nitrogens with zero attached hydrogens (tertiary/aromatic N) is 5. The fourth-order valence-electron chi connectivity index (χ4n) is 2.56. The summed E-state index contributed by atoms with van der Waals surface area (Å²) in [6.07, 6.45) is 6.98. The van der Waals surface area contributed by atoms with Gasteiger partial charge in [0.15, 0.2) is 10.8 Å². The van der Waals surface area contributed by atoms with Crippen LogP contribution in [0.2, 0.25) is 0 Å². The smallest absolute Gasteiger partial charge is 0.256 e. The quantitative estimate of drug-likeness (QED) is 0.551. The third kappa shape index (κ3) is 3.31. The average molecular weight is 364 g/mol. The van der Waals surface area contributed by atoms with Crippen molar-refractivity contribution in [1.29, 1.82) is 0 Å². The zero-order chi connectivity index (χ0) is 17.9. The van der Waals surface area contributed by atoms with Crippen molar-refractivity contribution >= 4 is 29.1 Å². The van der Waals surface area contributed by atoms with Crippen molar-refractivity contribution in [2.24, 2.45) is 7.05 Å². The van der Waals surface area contributed by atoms with Crippen molar-refractivity contribution in [3.63, 3.8) is 0 Å². The maximum Gasteiger partial charge on any atom is 0.256 e. The Kier molecular flexibility index (Phi) is 4.40. The van der Waals surface area contributed by atoms with Crippen LogP contribution < -0.4 is 5.32 Å². The first-order chi connectivity index (χ1) is 12.7. The van der Waals surface area contributed by atoms with E-state index in [2.05, 4.69) is 20.4 Å². The topological polar surface area (TPSA) is 77.1 Å². The lowest BCUT2D eigenvalue weighted by Crippen LogP contribution is -2.15. The predicted octanol–water partition coefficient (Wildman–Crippen LogP) is 3.01. The predicted molar refractivity (Wildman–Crippen MR) is 100 cm³/mol. The monoisotopic (exact) mass is 364 g/mol. The summed E-state index contributed by atoms with van der Waals surface area (Å²) in [5, 5.41) is 8.01. The molecule has 26 heavy (non-hydrogen) atoms. The summed E-state index contributed by atoms with van der Waals surface area (Å²) in [4.78, 5) is 21.1. The number of nitrogens with one attached hydrogen (secondary N) is 1. The molecule has 3 aromatic heterocycles. The van der Waals surface area contributed by atoms with Gasteiger partial charge in [0, 0.05) is 43.0 Å². The van der Waals surface area contributed by atoms with E-state index in [1.165, 1.54) is 0 Å². The number of thioether (sulfide) groups is 1. The Labute approximate surface area is 154 Å². The molecule has 0 atom stereocenters. The molecule has 0 radical (unpaired) electrons. The second kappa shape index (κ2) is 7.01. The van der Waals surface area contributed by atoms with Crippen LogP contribution in [0.15, 0.2) is 66.3 Å². The van der Waals surface area contributed by atoms with E-state index in [1.807, 2.05) is 36.0 Å². The van der Waals surface area contributed by atoms with E-state index in [0.717, 1.165) is 16.5 Å². The van der Waals surface area contributed by atoms with E-state index in [4.69, 9.17) is 0 Å². The van der Waals surface area contributed by atoms with Gasteiger partial charge in [0.05, 0.1) is 6.20 Å². The fourth-order valence-corrected chi connectivity index (χ4v) is 3.43. The molecule has 0 aliphatic heterocycles. The number of imidazole rings is 1. The molecule has 0 spiro atoms. The Morgan fingerprint density at radius 1 is 1.15 bits per heavy atom. The minimum atomic E-state index is -0.183. The molecule has 1 amide bonds. The van der Waals surface area contributed by atoms with E-state index < -0.39 is 0 Å². The molecule has 4 aromatic rings. The van der Waals surface area contributed by atoms with Gasteiger partial charge in [0.2, 0.25) is 0 Å². The number of fused-ring (bicyclic) bond motifs is 1. The maximum atomic E-state index is 12.6. The van der Waals surface area contributed by atoms with Crippen molar-refractivity contribution in [3.05, 3.63) is 72.3 Å². The van der Waals surface area contributed by atoms with Crippen LogP contribution in [0.25, 0.3) is 5.65 Å². The summed E-state index contributed by atoms with van der Waals surface area (Å²) in [5.74, 6) is 1.14. The van der Waals surface area contributed by atoms with Crippen LogP contribution in [0.1, 0.15) is 15.9 Å². The van der Waals surface area contributed by atoms with Gasteiger partial charge in [0.1, 0.15) is 5.82 Å². The number of anilines is 1. The van der Waals surface area contributed by atoms with Gasteiger partial charge in [-0.1, -0.05) is 23.9 Å². The summed E-state index contributed by atoms with van der Waals surface area (Å²) in [6.45, 7) is 0. The van der Waals surface area contributed by atoms with Gasteiger partial charge in [-0.2, -0.15) is 9.61 Å². The first-order valence-electron chi connectivity index (χ1n) is 8.00. The molecule has 1 aromatic carbocycles. The molecular formula is C18H16N6OS. The van der Waals surface area contributed by atoms with Crippen LogP contribution >= 0.6 is 11.8 Å². The normalized spacial score (nSPS) is 11.0. The molecule has 7 nitrogen and oxygen atoms in total. The van der Waals surface area contributed by atoms with Crippen molar-refractivity contribution in [3.8, 4) is 0 Å². The van der Waals surface area contributed by atoms with Gasteiger partial charge in [-0.05, 0) is 23.8 Å². The highest BCUT2D eigenvalue weighted by atomic mass is 32.2. The molecule has 0 aliphatic carbocycles. The van der Waals surface area contributed by atoms with Crippen LogP contribution in [0, 0.1) is 0 Å². The Bertz CT molecular complexity index is 1070. The van der Waals surface area contributed by atoms with Crippen LogP contribution in [0.3, 0.4) is 0 Å². The van der Waals surface area contributed by atoms with E-state index in [-0.39, 0.29) is 5.91 Å². The Morgan fingerprint density at radius 3 is 2.92 bits per heavy atom. The van der Waals surface area contributed by atoms with Crippen molar-refractivity contribution in [2.75, 3.05) is 5.32 Å². The second-order valence-corrected chi connectivity index (χ2v) is 6.64. The third-order valence-corrected chi connectivity index (χ3v) is 5.00. The van der Waals surface area contributed by atoms with Gasteiger partial charge < -0.3 is 9.88 Å². The molecule has 0 saturated heterocycles. The van der Waals surface area contributed by atoms with E-state index in [0.29, 0.717) is 17.0 Å². The standard InChI is InChI=1S/C18H16N6OS/c1-23-10-9-20-18(23)26-12-13-3-2-4-14(11-13)17(25)22-16-5-7-19-15-6-8-21-24(15)16/h2-11H,12H2,1H3,(H,22,25). The van der Waals surface area contributed by atoms with E-state index >= 15 is 0 Å². The highest BCUT2D eigenvalue weighted by molar-refractivity contribution is 7.98. The van der Waals surface area contributed by atoms with Gasteiger partial charge in [-0.3, -0.25) is 4.79 Å². The fraction of sp³-hybridized carbons (Fsp3) is 0.111. The largest absolute Gasteiger partial charge is 0.329 e. The number of carbonyl (C=O) groups excluding carboxylic acids is 1. The maximum absolute atomic E-state index is 12.6. The summed E-state index contributed by atoms with van der Waals surface area (Å²) in [7, 11) is 1.96. The summed E-state index contributed by atoms with van der Waals surface area (Å²) in [6, 6.07) is 11.1. The summed E-state index contributed by atoms with van der Waals surface area (Å²) >= 11 is 1.63. The van der Waals surface area contributed by atoms with Crippen LogP contribution in [-0.2, 0) is 12.8 Å². The number of carbonyl (C=O) groups is 1.